The van der Waals surface area contributed by atoms with E-state index in [9.17, 15) is 14.9 Å². The van der Waals surface area contributed by atoms with Crippen molar-refractivity contribution in [2.24, 2.45) is 16.6 Å². The summed E-state index contributed by atoms with van der Waals surface area (Å²) >= 11 is 6.15. The molecule has 8 heteroatoms. The number of nitrogens with zero attached hydrogens (tertiary/aromatic N) is 2. The van der Waals surface area contributed by atoms with Crippen LogP contribution < -0.4 is 10.7 Å². The number of benzene rings is 1. The Kier molecular flexibility index (Phi) is 2.64. The summed E-state index contributed by atoms with van der Waals surface area (Å²) in [4.78, 5) is 2.79. The molecule has 0 aromatic heterocycles. The van der Waals surface area contributed by atoms with Gasteiger partial charge < -0.3 is 9.47 Å². The molecule has 2 fully saturated rings. The molecule has 2 aliphatic heterocycles. The van der Waals surface area contributed by atoms with Gasteiger partial charge in [-0.15, -0.1) is 0 Å². The summed E-state index contributed by atoms with van der Waals surface area (Å²) in [7, 11) is 0. The second kappa shape index (κ2) is 4.21. The molecule has 3 atom stereocenters. The molecule has 6 nitrogen and oxygen atoms in total. The maximum absolute atomic E-state index is 14.4. The van der Waals surface area contributed by atoms with Gasteiger partial charge in [0.15, 0.2) is 10.8 Å². The first-order chi connectivity index (χ1) is 11.0. The third-order valence-corrected chi connectivity index (χ3v) is 5.31. The van der Waals surface area contributed by atoms with Crippen LogP contribution in [0.2, 0.25) is 5.02 Å². The second-order valence-electron chi connectivity index (χ2n) is 5.76. The summed E-state index contributed by atoms with van der Waals surface area (Å²) in [6.07, 6.45) is 0. The third-order valence-electron chi connectivity index (χ3n) is 4.98. The Morgan fingerprint density at radius 3 is 2.57 bits per heavy atom. The van der Waals surface area contributed by atoms with E-state index < -0.39 is 28.5 Å². The zero-order valence-corrected chi connectivity index (χ0v) is 12.5. The molecule has 23 heavy (non-hydrogen) atoms. The Bertz CT molecular complexity index is 819. The van der Waals surface area contributed by atoms with E-state index in [1.54, 1.807) is 0 Å². The summed E-state index contributed by atoms with van der Waals surface area (Å²) in [6.45, 7) is 0.478. The van der Waals surface area contributed by atoms with Crippen LogP contribution in [0.4, 0.5) is 4.39 Å². The smallest absolute Gasteiger partial charge is 0.311 e. The van der Waals surface area contributed by atoms with E-state index in [2.05, 4.69) is 17.1 Å². The fourth-order valence-corrected chi connectivity index (χ4v) is 4.31. The van der Waals surface area contributed by atoms with E-state index >= 15 is 0 Å². The van der Waals surface area contributed by atoms with Crippen molar-refractivity contribution in [3.8, 4) is 12.1 Å². The molecular weight excluding hydrogens is 323 g/mol. The van der Waals surface area contributed by atoms with Gasteiger partial charge in [0.1, 0.15) is 5.82 Å². The topological polar surface area (TPSA) is 106 Å². The molecule has 1 aliphatic carbocycles. The highest BCUT2D eigenvalue weighted by Gasteiger charge is 2.98. The third kappa shape index (κ3) is 1.29. The summed E-state index contributed by atoms with van der Waals surface area (Å²) < 4.78 is 25.6. The molecule has 3 aliphatic rings. The second-order valence-corrected chi connectivity index (χ2v) is 6.17. The van der Waals surface area contributed by atoms with Crippen LogP contribution in [0.5, 0.6) is 0 Å². The minimum Gasteiger partial charge on any atom is -0.311 e. The Labute approximate surface area is 135 Å². The van der Waals surface area contributed by atoms with Crippen LogP contribution in [0.3, 0.4) is 0 Å². The predicted molar refractivity (Wildman–Crippen MR) is 75.0 cm³/mol. The lowest BCUT2D eigenvalue weighted by Crippen LogP contribution is -2.89. The van der Waals surface area contributed by atoms with Crippen LogP contribution in [0, 0.1) is 39.3 Å². The first-order valence-electron chi connectivity index (χ1n) is 6.96. The summed E-state index contributed by atoms with van der Waals surface area (Å²) in [5.74, 6) is -2.99. The molecule has 1 spiro atoms. The highest BCUT2D eigenvalue weighted by molar-refractivity contribution is 6.31. The number of ether oxygens (including phenoxy) is 2. The molecule has 3 N–H and O–H groups in total. The van der Waals surface area contributed by atoms with E-state index in [0.29, 0.717) is 0 Å². The first kappa shape index (κ1) is 14.4. The van der Waals surface area contributed by atoms with Gasteiger partial charge in [-0.3, -0.25) is 5.73 Å². The fourth-order valence-electron chi connectivity index (χ4n) is 4.04. The van der Waals surface area contributed by atoms with Crippen LogP contribution in [0.25, 0.3) is 0 Å². The highest BCUT2D eigenvalue weighted by atomic mass is 35.5. The summed E-state index contributed by atoms with van der Waals surface area (Å²) in [5, 5.41) is 19.8. The summed E-state index contributed by atoms with van der Waals surface area (Å²) in [5.41, 5.74) is 3.14. The molecule has 0 bridgehead atoms. The number of rotatable bonds is 1. The van der Waals surface area contributed by atoms with Crippen LogP contribution >= 0.6 is 11.6 Å². The van der Waals surface area contributed by atoms with Crippen molar-refractivity contribution in [2.75, 3.05) is 13.2 Å². The largest absolute Gasteiger partial charge is 0.343 e. The van der Waals surface area contributed by atoms with E-state index in [1.807, 2.05) is 0 Å². The monoisotopic (exact) mass is 333 g/mol. The number of hydrogen-bond acceptors (Lipinski definition) is 5. The Hall–Kier alpha value is -2.19. The van der Waals surface area contributed by atoms with Gasteiger partial charge in [0.25, 0.3) is 5.84 Å². The lowest BCUT2D eigenvalue weighted by Gasteiger charge is -2.23. The lowest BCUT2D eigenvalue weighted by molar-refractivity contribution is -0.676. The minimum atomic E-state index is -1.56. The molecule has 1 aromatic rings. The molecular formula is C15H11ClFN4O2+. The van der Waals surface area contributed by atoms with Gasteiger partial charge in [0.2, 0.25) is 0 Å². The zero-order valence-electron chi connectivity index (χ0n) is 11.8. The molecule has 1 saturated carbocycles. The molecule has 1 aromatic carbocycles. The first-order valence-corrected chi connectivity index (χ1v) is 7.34. The predicted octanol–water partition coefficient (Wildman–Crippen LogP) is -0.252. The van der Waals surface area contributed by atoms with Crippen molar-refractivity contribution in [3.05, 3.63) is 34.6 Å². The Morgan fingerprint density at radius 2 is 2.00 bits per heavy atom. The highest BCUT2D eigenvalue weighted by Crippen LogP contribution is 2.79. The number of hydrogen-bond donors (Lipinski definition) is 2. The van der Waals surface area contributed by atoms with E-state index in [-0.39, 0.29) is 29.6 Å². The van der Waals surface area contributed by atoms with Gasteiger partial charge in [-0.1, -0.05) is 17.7 Å². The molecule has 1 saturated heterocycles. The molecule has 4 rings (SSSR count). The molecule has 116 valence electrons. The average molecular weight is 334 g/mol. The maximum Gasteiger partial charge on any atom is 0.343 e. The van der Waals surface area contributed by atoms with Crippen molar-refractivity contribution in [1.29, 1.82) is 10.5 Å². The quantitative estimate of drug-likeness (QED) is 0.737. The maximum atomic E-state index is 14.4. The zero-order chi connectivity index (χ0) is 16.5. The van der Waals surface area contributed by atoms with E-state index in [0.717, 1.165) is 0 Å². The van der Waals surface area contributed by atoms with Gasteiger partial charge in [0, 0.05) is 10.6 Å². The number of nitrogens with one attached hydrogen (secondary N) is 1. The number of nitrogens with two attached hydrogens (primary N) is 1. The van der Waals surface area contributed by atoms with E-state index in [1.165, 1.54) is 18.2 Å². The fraction of sp³-hybridized carbons (Fsp3) is 0.400. The SMILES string of the molecule is N#C[C@@]12C(N)=[NH+]C3(OCCO3)[C@]1(C#N)[C@@H]2c1c(F)cccc1Cl. The van der Waals surface area contributed by atoms with Gasteiger partial charge in [0.05, 0.1) is 31.3 Å². The van der Waals surface area contributed by atoms with Crippen molar-refractivity contribution in [3.63, 3.8) is 0 Å². The van der Waals surface area contributed by atoms with Crippen LogP contribution in [0.1, 0.15) is 11.5 Å². The minimum absolute atomic E-state index is 0.0350. The van der Waals surface area contributed by atoms with Crippen LogP contribution in [-0.2, 0) is 9.47 Å². The van der Waals surface area contributed by atoms with Crippen molar-refractivity contribution in [2.45, 2.75) is 11.8 Å². The van der Waals surface area contributed by atoms with Crippen molar-refractivity contribution in [1.82, 2.24) is 0 Å². The lowest BCUT2D eigenvalue weighted by atomic mass is 9.94. The molecule has 0 unspecified atom stereocenters. The molecule has 0 amide bonds. The van der Waals surface area contributed by atoms with Crippen molar-refractivity contribution < 1.29 is 18.9 Å². The average Bonchev–Trinajstić information content (AvgIpc) is 2.77. The van der Waals surface area contributed by atoms with Gasteiger partial charge in [-0.2, -0.15) is 10.5 Å². The van der Waals surface area contributed by atoms with Crippen LogP contribution in [0.15, 0.2) is 18.2 Å². The number of amidine groups is 1. The normalized spacial score (nSPS) is 36.2. The van der Waals surface area contributed by atoms with Gasteiger partial charge in [-0.25, -0.2) is 9.38 Å². The Morgan fingerprint density at radius 1 is 1.30 bits per heavy atom. The standard InChI is InChI=1S/C15H10ClFN4O2/c16-8-2-1-3-9(17)10(8)11-13(6-18)12(20)21-15(14(11,13)7-19)22-4-5-23-15/h1-3,11H,4-5H2,(H2,20,21)/p+1/t11-,13-,14-/m1/s1. The van der Waals surface area contributed by atoms with Crippen LogP contribution in [-0.4, -0.2) is 25.0 Å². The van der Waals surface area contributed by atoms with E-state index in [4.69, 9.17) is 26.8 Å². The number of nitriles is 2. The number of fused-ring (bicyclic) bond motifs is 2. The van der Waals surface area contributed by atoms with Crippen molar-refractivity contribution >= 4 is 17.4 Å². The van der Waals surface area contributed by atoms with Gasteiger partial charge in [-0.05, 0) is 12.1 Å². The summed E-state index contributed by atoms with van der Waals surface area (Å²) in [6, 6.07) is 8.39. The molecule has 0 radical (unpaired) electrons. The number of halogens is 2. The Balaban J connectivity index is 2.00. The van der Waals surface area contributed by atoms with Gasteiger partial charge >= 0.3 is 5.91 Å². The molecule has 2 heterocycles.